The molecule has 0 saturated carbocycles. The molecule has 0 fully saturated rings. The lowest BCUT2D eigenvalue weighted by Gasteiger charge is -2.43. The number of methoxy groups -OCH3 is 2. The highest BCUT2D eigenvalue weighted by atomic mass is 16.7. The van der Waals surface area contributed by atoms with E-state index in [4.69, 9.17) is 18.9 Å². The second-order valence-electron chi connectivity index (χ2n) is 7.81. The monoisotopic (exact) mass is 384 g/mol. The molecule has 0 N–H and O–H groups in total. The second-order valence-corrected chi connectivity index (χ2v) is 7.81. The molecule has 0 amide bonds. The molecule has 0 unspecified atom stereocenters. The minimum atomic E-state index is -0.0504. The normalized spacial score (nSPS) is 19.1. The first-order chi connectivity index (χ1) is 13.5. The third kappa shape index (κ3) is 2.98. The number of fused-ring (bicyclic) bond motifs is 2. The van der Waals surface area contributed by atoms with Gasteiger partial charge in [0.25, 0.3) is 0 Å². The average molecular weight is 384 g/mol. The van der Waals surface area contributed by atoms with Crippen molar-refractivity contribution in [3.05, 3.63) is 47.0 Å². The number of benzene rings is 2. The van der Waals surface area contributed by atoms with E-state index in [2.05, 4.69) is 14.1 Å². The van der Waals surface area contributed by atoms with Crippen LogP contribution in [-0.2, 0) is 6.42 Å². The summed E-state index contributed by atoms with van der Waals surface area (Å²) in [4.78, 5) is 13.2. The molecular formula is C22H26NO5+. The highest BCUT2D eigenvalue weighted by molar-refractivity contribution is 5.99. The van der Waals surface area contributed by atoms with E-state index in [0.717, 1.165) is 29.8 Å². The maximum absolute atomic E-state index is 13.2. The number of rotatable bonds is 5. The van der Waals surface area contributed by atoms with Gasteiger partial charge in [0.15, 0.2) is 17.3 Å². The SMILES string of the molecule is COc1ccccc1C(=O)C[C@H]1c2c(cc3c(c2OC)OCO3)CC[N+]1(C)C. The molecule has 148 valence electrons. The second kappa shape index (κ2) is 7.02. The molecule has 6 heteroatoms. The number of para-hydroxylation sites is 1. The molecular weight excluding hydrogens is 358 g/mol. The van der Waals surface area contributed by atoms with E-state index in [1.54, 1.807) is 14.2 Å². The Morgan fingerprint density at radius 1 is 1.18 bits per heavy atom. The number of Topliss-reactive ketones (excluding diaryl/α,β-unsaturated/α-hetero) is 1. The first-order valence-corrected chi connectivity index (χ1v) is 9.44. The molecule has 4 rings (SSSR count). The summed E-state index contributed by atoms with van der Waals surface area (Å²) < 4.78 is 23.1. The van der Waals surface area contributed by atoms with E-state index in [-0.39, 0.29) is 18.6 Å². The summed E-state index contributed by atoms with van der Waals surface area (Å²) in [5.41, 5.74) is 2.82. The number of nitrogens with zero attached hydrogens (tertiary/aromatic N) is 1. The van der Waals surface area contributed by atoms with Gasteiger partial charge in [-0.15, -0.1) is 0 Å². The van der Waals surface area contributed by atoms with Crippen molar-refractivity contribution in [1.29, 1.82) is 0 Å². The van der Waals surface area contributed by atoms with Crippen LogP contribution in [0.2, 0.25) is 0 Å². The first-order valence-electron chi connectivity index (χ1n) is 9.44. The van der Waals surface area contributed by atoms with Crippen LogP contribution in [-0.4, -0.2) is 51.9 Å². The van der Waals surface area contributed by atoms with Crippen molar-refractivity contribution in [3.63, 3.8) is 0 Å². The molecule has 2 aromatic rings. The van der Waals surface area contributed by atoms with E-state index in [1.165, 1.54) is 0 Å². The smallest absolute Gasteiger partial charge is 0.231 e. The van der Waals surface area contributed by atoms with Crippen molar-refractivity contribution >= 4 is 5.78 Å². The fourth-order valence-corrected chi connectivity index (χ4v) is 4.28. The van der Waals surface area contributed by atoms with Crippen molar-refractivity contribution in [2.75, 3.05) is 41.7 Å². The molecule has 0 spiro atoms. The van der Waals surface area contributed by atoms with E-state index in [0.29, 0.717) is 33.7 Å². The molecule has 6 nitrogen and oxygen atoms in total. The molecule has 1 atom stereocenters. The topological polar surface area (TPSA) is 54.0 Å². The highest BCUT2D eigenvalue weighted by Crippen LogP contribution is 2.51. The third-order valence-corrected chi connectivity index (χ3v) is 5.87. The number of carbonyl (C=O) groups is 1. The molecule has 0 saturated heterocycles. The minimum absolute atomic E-state index is 0.0504. The summed E-state index contributed by atoms with van der Waals surface area (Å²) in [5, 5.41) is 0. The number of hydrogen-bond donors (Lipinski definition) is 0. The lowest BCUT2D eigenvalue weighted by Crippen LogP contribution is -2.48. The lowest BCUT2D eigenvalue weighted by molar-refractivity contribution is -0.922. The van der Waals surface area contributed by atoms with Crippen molar-refractivity contribution in [2.45, 2.75) is 18.9 Å². The zero-order chi connectivity index (χ0) is 19.9. The maximum atomic E-state index is 13.2. The minimum Gasteiger partial charge on any atom is -0.496 e. The van der Waals surface area contributed by atoms with Crippen LogP contribution in [0.1, 0.15) is 33.9 Å². The van der Waals surface area contributed by atoms with Gasteiger partial charge in [0.1, 0.15) is 11.8 Å². The Labute approximate surface area is 165 Å². The van der Waals surface area contributed by atoms with Crippen LogP contribution in [0.4, 0.5) is 0 Å². The van der Waals surface area contributed by atoms with Gasteiger partial charge in [-0.1, -0.05) is 12.1 Å². The quantitative estimate of drug-likeness (QED) is 0.584. The van der Waals surface area contributed by atoms with Gasteiger partial charge in [-0.25, -0.2) is 0 Å². The van der Waals surface area contributed by atoms with Crippen molar-refractivity contribution in [1.82, 2.24) is 0 Å². The van der Waals surface area contributed by atoms with Gasteiger partial charge in [0.2, 0.25) is 12.5 Å². The number of likely N-dealkylation sites (N-methyl/N-ethyl adjacent to an activating group) is 1. The van der Waals surface area contributed by atoms with Crippen LogP contribution < -0.4 is 18.9 Å². The van der Waals surface area contributed by atoms with Gasteiger partial charge in [-0.2, -0.15) is 0 Å². The summed E-state index contributed by atoms with van der Waals surface area (Å²) in [7, 11) is 7.55. The molecule has 28 heavy (non-hydrogen) atoms. The fourth-order valence-electron chi connectivity index (χ4n) is 4.28. The lowest BCUT2D eigenvalue weighted by atomic mass is 9.85. The predicted octanol–water partition coefficient (Wildman–Crippen LogP) is 3.38. The zero-order valence-electron chi connectivity index (χ0n) is 16.8. The molecule has 2 aliphatic rings. The largest absolute Gasteiger partial charge is 0.496 e. The van der Waals surface area contributed by atoms with Crippen LogP contribution in [0.3, 0.4) is 0 Å². The Morgan fingerprint density at radius 3 is 2.71 bits per heavy atom. The van der Waals surface area contributed by atoms with E-state index in [9.17, 15) is 4.79 Å². The van der Waals surface area contributed by atoms with Crippen LogP contribution >= 0.6 is 0 Å². The Kier molecular flexibility index (Phi) is 4.67. The zero-order valence-corrected chi connectivity index (χ0v) is 16.8. The molecule has 0 aromatic heterocycles. The van der Waals surface area contributed by atoms with Gasteiger partial charge >= 0.3 is 0 Å². The predicted molar refractivity (Wildman–Crippen MR) is 104 cm³/mol. The van der Waals surface area contributed by atoms with E-state index in [1.807, 2.05) is 30.3 Å². The van der Waals surface area contributed by atoms with Gasteiger partial charge in [-0.05, 0) is 23.8 Å². The van der Waals surface area contributed by atoms with Crippen molar-refractivity contribution in [2.24, 2.45) is 0 Å². The summed E-state index contributed by atoms with van der Waals surface area (Å²) in [6.07, 6.45) is 1.26. The van der Waals surface area contributed by atoms with Gasteiger partial charge in [0, 0.05) is 6.42 Å². The van der Waals surface area contributed by atoms with Crippen LogP contribution in [0, 0.1) is 0 Å². The maximum Gasteiger partial charge on any atom is 0.231 e. The number of quaternary nitrogens is 1. The molecule has 2 aromatic carbocycles. The Bertz CT molecular complexity index is 921. The number of hydrogen-bond acceptors (Lipinski definition) is 5. The molecule has 0 bridgehead atoms. The Hall–Kier alpha value is -2.73. The van der Waals surface area contributed by atoms with Crippen LogP contribution in [0.25, 0.3) is 0 Å². The van der Waals surface area contributed by atoms with E-state index >= 15 is 0 Å². The van der Waals surface area contributed by atoms with Crippen LogP contribution in [0.5, 0.6) is 23.0 Å². The van der Waals surface area contributed by atoms with Gasteiger partial charge < -0.3 is 23.4 Å². The van der Waals surface area contributed by atoms with Gasteiger partial charge in [-0.3, -0.25) is 4.79 Å². The number of ketones is 1. The highest BCUT2D eigenvalue weighted by Gasteiger charge is 2.42. The third-order valence-electron chi connectivity index (χ3n) is 5.87. The van der Waals surface area contributed by atoms with E-state index < -0.39 is 0 Å². The molecule has 2 heterocycles. The molecule has 2 aliphatic heterocycles. The molecule has 0 aliphatic carbocycles. The Balaban J connectivity index is 1.78. The summed E-state index contributed by atoms with van der Waals surface area (Å²) in [5.74, 6) is 2.71. The first kappa shape index (κ1) is 18.6. The number of ether oxygens (including phenoxy) is 4. The standard InChI is InChI=1S/C22H26NO5/c1-23(2)10-9-14-11-19-21(28-13-27-19)22(26-4)20(14)16(23)12-17(24)15-7-5-6-8-18(15)25-3/h5-8,11,16H,9-10,12-13H2,1-4H3/q+1/t16-/m0/s1. The fraction of sp³-hybridized carbons (Fsp3) is 0.409. The van der Waals surface area contributed by atoms with Crippen molar-refractivity contribution < 1.29 is 28.2 Å². The van der Waals surface area contributed by atoms with Gasteiger partial charge in [0.05, 0.1) is 52.4 Å². The average Bonchev–Trinajstić information content (AvgIpc) is 3.16. The van der Waals surface area contributed by atoms with Crippen LogP contribution in [0.15, 0.2) is 30.3 Å². The molecule has 0 radical (unpaired) electrons. The van der Waals surface area contributed by atoms with Crippen molar-refractivity contribution in [3.8, 4) is 23.0 Å². The summed E-state index contributed by atoms with van der Waals surface area (Å²) in [6, 6.07) is 9.37. The number of carbonyl (C=O) groups excluding carboxylic acids is 1. The summed E-state index contributed by atoms with van der Waals surface area (Å²) in [6.45, 7) is 1.12. The Morgan fingerprint density at radius 2 is 1.96 bits per heavy atom. The summed E-state index contributed by atoms with van der Waals surface area (Å²) >= 11 is 0.